The first-order valence-corrected chi connectivity index (χ1v) is 19.0. The number of rotatable bonds is 6. The summed E-state index contributed by atoms with van der Waals surface area (Å²) < 4.78 is 0. The molecule has 10 rings (SSSR count). The van der Waals surface area contributed by atoms with Crippen molar-refractivity contribution < 1.29 is 0 Å². The summed E-state index contributed by atoms with van der Waals surface area (Å²) in [5.74, 6) is 0.709. The summed E-state index contributed by atoms with van der Waals surface area (Å²) in [6, 6.07) is 69.5. The van der Waals surface area contributed by atoms with E-state index in [4.69, 9.17) is 9.97 Å². The summed E-state index contributed by atoms with van der Waals surface area (Å²) in [4.78, 5) is 10.3. The normalized spacial score (nSPS) is 12.7. The van der Waals surface area contributed by atoms with E-state index in [1.807, 2.05) is 18.2 Å². The van der Waals surface area contributed by atoms with E-state index in [1.54, 1.807) is 0 Å². The fraction of sp³-hybridized carbons (Fsp3) is 0.0566. The average Bonchev–Trinajstić information content (AvgIpc) is 3.48. The fourth-order valence-corrected chi connectivity index (χ4v) is 8.44. The van der Waals surface area contributed by atoms with Gasteiger partial charge < -0.3 is 0 Å². The molecule has 260 valence electrons. The molecule has 1 aromatic heterocycles. The Kier molecular flexibility index (Phi) is 7.85. The molecular weight excluding hydrogens is 665 g/mol. The highest BCUT2D eigenvalue weighted by atomic mass is 14.9. The second-order valence-corrected chi connectivity index (χ2v) is 15.0. The highest BCUT2D eigenvalue weighted by Gasteiger charge is 2.37. The molecule has 2 nitrogen and oxygen atoms in total. The van der Waals surface area contributed by atoms with Crippen molar-refractivity contribution in [1.82, 2.24) is 9.97 Å². The van der Waals surface area contributed by atoms with Crippen LogP contribution in [0.2, 0.25) is 0 Å². The van der Waals surface area contributed by atoms with Gasteiger partial charge in [0, 0.05) is 22.1 Å². The summed E-state index contributed by atoms with van der Waals surface area (Å²) in [5, 5.41) is 2.57. The maximum Gasteiger partial charge on any atom is 0.160 e. The first-order chi connectivity index (χ1) is 27.0. The molecule has 1 heterocycles. The third-order valence-electron chi connectivity index (χ3n) is 11.3. The Hall–Kier alpha value is -6.90. The average molecular weight is 703 g/mol. The van der Waals surface area contributed by atoms with Gasteiger partial charge in [0.25, 0.3) is 0 Å². The van der Waals surface area contributed by atoms with Gasteiger partial charge in [0.15, 0.2) is 5.82 Å². The van der Waals surface area contributed by atoms with Crippen LogP contribution in [0.4, 0.5) is 0 Å². The van der Waals surface area contributed by atoms with Gasteiger partial charge in [-0.3, -0.25) is 0 Å². The van der Waals surface area contributed by atoms with Gasteiger partial charge in [-0.2, -0.15) is 0 Å². The van der Waals surface area contributed by atoms with Crippen molar-refractivity contribution in [3.63, 3.8) is 0 Å². The van der Waals surface area contributed by atoms with Crippen LogP contribution < -0.4 is 0 Å². The zero-order chi connectivity index (χ0) is 36.9. The minimum absolute atomic E-state index is 0.0803. The number of aromatic nitrogens is 2. The lowest BCUT2D eigenvalue weighted by Gasteiger charge is -2.22. The molecule has 0 bridgehead atoms. The molecule has 0 spiro atoms. The van der Waals surface area contributed by atoms with Crippen molar-refractivity contribution in [2.75, 3.05) is 0 Å². The molecule has 8 aromatic carbocycles. The molecule has 2 heteroatoms. The number of hydrogen-bond acceptors (Lipinski definition) is 2. The third kappa shape index (κ3) is 5.75. The second kappa shape index (κ2) is 13.2. The third-order valence-corrected chi connectivity index (χ3v) is 11.3. The molecule has 0 amide bonds. The predicted octanol–water partition coefficient (Wildman–Crippen LogP) is 13.9. The molecule has 55 heavy (non-hydrogen) atoms. The van der Waals surface area contributed by atoms with Gasteiger partial charge in [-0.25, -0.2) is 9.97 Å². The zero-order valence-electron chi connectivity index (χ0n) is 30.9. The molecular formula is C53H38N2. The number of fused-ring (bicyclic) bond motifs is 4. The molecule has 0 unspecified atom stereocenters. The van der Waals surface area contributed by atoms with Crippen LogP contribution in [0.25, 0.3) is 89.2 Å². The van der Waals surface area contributed by atoms with Crippen LogP contribution in [0.3, 0.4) is 0 Å². The first kappa shape index (κ1) is 32.7. The molecule has 0 radical (unpaired) electrons. The summed E-state index contributed by atoms with van der Waals surface area (Å²) in [5.41, 5.74) is 17.4. The fourth-order valence-electron chi connectivity index (χ4n) is 8.44. The van der Waals surface area contributed by atoms with E-state index < -0.39 is 0 Å². The van der Waals surface area contributed by atoms with Crippen molar-refractivity contribution in [1.29, 1.82) is 0 Å². The van der Waals surface area contributed by atoms with E-state index in [2.05, 4.69) is 190 Å². The van der Waals surface area contributed by atoms with Crippen LogP contribution in [0, 0.1) is 0 Å². The van der Waals surface area contributed by atoms with Gasteiger partial charge >= 0.3 is 0 Å². The number of hydrogen-bond donors (Lipinski definition) is 0. The monoisotopic (exact) mass is 702 g/mol. The Morgan fingerprint density at radius 2 is 0.891 bits per heavy atom. The van der Waals surface area contributed by atoms with Crippen molar-refractivity contribution >= 4 is 10.8 Å². The zero-order valence-corrected chi connectivity index (χ0v) is 30.9. The van der Waals surface area contributed by atoms with Crippen molar-refractivity contribution in [3.05, 3.63) is 205 Å². The highest BCUT2D eigenvalue weighted by molar-refractivity contribution is 5.99. The molecule has 1 aliphatic rings. The van der Waals surface area contributed by atoms with Gasteiger partial charge in [0.1, 0.15) is 0 Å². The van der Waals surface area contributed by atoms with Gasteiger partial charge in [0.05, 0.1) is 11.4 Å². The van der Waals surface area contributed by atoms with E-state index in [0.717, 1.165) is 44.8 Å². The summed E-state index contributed by atoms with van der Waals surface area (Å²) in [7, 11) is 0. The maximum atomic E-state index is 5.14. The molecule has 1 aliphatic carbocycles. The Morgan fingerprint density at radius 3 is 1.65 bits per heavy atom. The van der Waals surface area contributed by atoms with Gasteiger partial charge in [0.2, 0.25) is 0 Å². The van der Waals surface area contributed by atoms with E-state index in [0.29, 0.717) is 5.82 Å². The quantitative estimate of drug-likeness (QED) is 0.172. The minimum atomic E-state index is -0.0803. The first-order valence-electron chi connectivity index (χ1n) is 19.0. The summed E-state index contributed by atoms with van der Waals surface area (Å²) in [6.45, 7) is 4.72. The van der Waals surface area contributed by atoms with Crippen LogP contribution in [-0.2, 0) is 5.41 Å². The van der Waals surface area contributed by atoms with Crippen LogP contribution in [-0.4, -0.2) is 9.97 Å². The topological polar surface area (TPSA) is 25.8 Å². The summed E-state index contributed by atoms with van der Waals surface area (Å²) >= 11 is 0. The minimum Gasteiger partial charge on any atom is -0.228 e. The lowest BCUT2D eigenvalue weighted by Crippen LogP contribution is -2.14. The van der Waals surface area contributed by atoms with E-state index >= 15 is 0 Å². The molecule has 0 saturated carbocycles. The standard InChI is InChI=1S/C53H38N2/c1-53(2)47-26-14-25-44(51(47)46-32-40-19-9-10-20-41(40)33-48(46)53)42-22-13-21-39(31-42)35-27-29-37(30-28-35)49-34-50(55-52(54-49)38-17-7-4-8-18-38)45-24-12-11-23-43(45)36-15-5-3-6-16-36/h3-34H,1-2H3. The van der Waals surface area contributed by atoms with E-state index in [-0.39, 0.29) is 5.41 Å². The molecule has 9 aromatic rings. The smallest absolute Gasteiger partial charge is 0.160 e. The summed E-state index contributed by atoms with van der Waals surface area (Å²) in [6.07, 6.45) is 0. The van der Waals surface area contributed by atoms with Crippen LogP contribution in [0.1, 0.15) is 25.0 Å². The van der Waals surface area contributed by atoms with Gasteiger partial charge in [-0.1, -0.05) is 184 Å². The SMILES string of the molecule is CC1(C)c2cc3ccccc3cc2-c2c(-c3cccc(-c4ccc(-c5cc(-c6ccccc6-c6ccccc6)nc(-c6ccccc6)n5)cc4)c3)cccc21. The van der Waals surface area contributed by atoms with Crippen LogP contribution in [0.5, 0.6) is 0 Å². The Bertz CT molecular complexity index is 2870. The Morgan fingerprint density at radius 1 is 0.327 bits per heavy atom. The maximum absolute atomic E-state index is 5.14. The van der Waals surface area contributed by atoms with Gasteiger partial charge in [-0.15, -0.1) is 0 Å². The Balaban J connectivity index is 1.04. The largest absolute Gasteiger partial charge is 0.228 e. The Labute approximate surface area is 322 Å². The van der Waals surface area contributed by atoms with Crippen molar-refractivity contribution in [2.45, 2.75) is 19.3 Å². The molecule has 0 fully saturated rings. The van der Waals surface area contributed by atoms with Crippen LogP contribution in [0.15, 0.2) is 194 Å². The van der Waals surface area contributed by atoms with Crippen molar-refractivity contribution in [3.8, 4) is 78.4 Å². The highest BCUT2D eigenvalue weighted by Crippen LogP contribution is 2.53. The molecule has 0 aliphatic heterocycles. The second-order valence-electron chi connectivity index (χ2n) is 15.0. The van der Waals surface area contributed by atoms with Crippen LogP contribution >= 0.6 is 0 Å². The predicted molar refractivity (Wildman–Crippen MR) is 230 cm³/mol. The number of nitrogens with zero attached hydrogens (tertiary/aromatic N) is 2. The molecule has 0 atom stereocenters. The lowest BCUT2D eigenvalue weighted by molar-refractivity contribution is 0.661. The van der Waals surface area contributed by atoms with E-state index in [9.17, 15) is 0 Å². The van der Waals surface area contributed by atoms with Crippen molar-refractivity contribution in [2.24, 2.45) is 0 Å². The molecule has 0 saturated heterocycles. The van der Waals surface area contributed by atoms with E-state index in [1.165, 1.54) is 49.7 Å². The number of benzene rings is 8. The lowest BCUT2D eigenvalue weighted by atomic mass is 9.81. The molecule has 0 N–H and O–H groups in total. The van der Waals surface area contributed by atoms with Gasteiger partial charge in [-0.05, 0) is 90.7 Å².